The molecule has 0 spiro atoms. The normalized spacial score (nSPS) is 26.1. The van der Waals surface area contributed by atoms with Crippen molar-refractivity contribution in [1.29, 1.82) is 0 Å². The molecule has 0 amide bonds. The lowest BCUT2D eigenvalue weighted by Crippen LogP contribution is -2.38. The van der Waals surface area contributed by atoms with E-state index in [0.29, 0.717) is 12.1 Å². The summed E-state index contributed by atoms with van der Waals surface area (Å²) in [7, 11) is 2.08. The summed E-state index contributed by atoms with van der Waals surface area (Å²) in [4.78, 5) is 0. The van der Waals surface area contributed by atoms with Crippen LogP contribution < -0.4 is 5.32 Å². The Balaban J connectivity index is 1.66. The zero-order chi connectivity index (χ0) is 13.2. The largest absolute Gasteiger partial charge is 0.307 e. The molecule has 3 heteroatoms. The first-order valence-electron chi connectivity index (χ1n) is 8.02. The summed E-state index contributed by atoms with van der Waals surface area (Å²) >= 11 is 0. The number of nitrogens with zero attached hydrogens (tertiary/aromatic N) is 2. The molecule has 2 aliphatic carbocycles. The highest BCUT2D eigenvalue weighted by Crippen LogP contribution is 2.32. The summed E-state index contributed by atoms with van der Waals surface area (Å²) in [6.45, 7) is 2.39. The Labute approximate surface area is 116 Å². The zero-order valence-corrected chi connectivity index (χ0v) is 12.4. The van der Waals surface area contributed by atoms with Gasteiger partial charge in [-0.15, -0.1) is 0 Å². The van der Waals surface area contributed by atoms with Gasteiger partial charge in [0.25, 0.3) is 0 Å². The van der Waals surface area contributed by atoms with Gasteiger partial charge in [0.2, 0.25) is 0 Å². The second-order valence-electron chi connectivity index (χ2n) is 6.47. The lowest BCUT2D eigenvalue weighted by atomic mass is 9.83. The molecule has 1 fully saturated rings. The SMILES string of the molecule is CC(NC1CCCc2c1cnn2C)C1CCCCC1. The Morgan fingerprint density at radius 3 is 2.79 bits per heavy atom. The van der Waals surface area contributed by atoms with Crippen molar-refractivity contribution in [3.05, 3.63) is 17.5 Å². The van der Waals surface area contributed by atoms with Crippen molar-refractivity contribution in [2.24, 2.45) is 13.0 Å². The highest BCUT2D eigenvalue weighted by molar-refractivity contribution is 5.24. The minimum atomic E-state index is 0.536. The van der Waals surface area contributed by atoms with Gasteiger partial charge in [-0.2, -0.15) is 5.10 Å². The summed E-state index contributed by atoms with van der Waals surface area (Å²) in [5.41, 5.74) is 2.90. The summed E-state index contributed by atoms with van der Waals surface area (Å²) in [6, 6.07) is 1.19. The van der Waals surface area contributed by atoms with Crippen molar-refractivity contribution >= 4 is 0 Å². The molecule has 2 unspecified atom stereocenters. The average Bonchev–Trinajstić information content (AvgIpc) is 2.83. The maximum atomic E-state index is 4.44. The molecule has 2 atom stereocenters. The predicted octanol–water partition coefficient (Wildman–Crippen LogP) is 3.36. The number of aryl methyl sites for hydroxylation is 1. The summed E-state index contributed by atoms with van der Waals surface area (Å²) in [5.74, 6) is 0.885. The number of rotatable bonds is 3. The number of hydrogen-bond acceptors (Lipinski definition) is 2. The molecule has 0 aromatic carbocycles. The Bertz CT molecular complexity index is 418. The highest BCUT2D eigenvalue weighted by atomic mass is 15.3. The van der Waals surface area contributed by atoms with E-state index in [1.807, 2.05) is 0 Å². The smallest absolute Gasteiger partial charge is 0.0540 e. The fourth-order valence-electron chi connectivity index (χ4n) is 3.97. The van der Waals surface area contributed by atoms with E-state index < -0.39 is 0 Å². The van der Waals surface area contributed by atoms with Gasteiger partial charge >= 0.3 is 0 Å². The molecule has 0 aliphatic heterocycles. The third kappa shape index (κ3) is 2.71. The number of hydrogen-bond donors (Lipinski definition) is 1. The number of fused-ring (bicyclic) bond motifs is 1. The maximum absolute atomic E-state index is 4.44. The molecular weight excluding hydrogens is 234 g/mol. The molecule has 3 nitrogen and oxygen atoms in total. The molecule has 1 aromatic rings. The van der Waals surface area contributed by atoms with Crippen LogP contribution in [0.1, 0.15) is 69.2 Å². The van der Waals surface area contributed by atoms with E-state index in [0.717, 1.165) is 5.92 Å². The van der Waals surface area contributed by atoms with Crippen molar-refractivity contribution in [1.82, 2.24) is 15.1 Å². The monoisotopic (exact) mass is 261 g/mol. The van der Waals surface area contributed by atoms with Crippen LogP contribution in [0.25, 0.3) is 0 Å². The van der Waals surface area contributed by atoms with Crippen molar-refractivity contribution in [2.45, 2.75) is 70.4 Å². The van der Waals surface area contributed by atoms with Crippen LogP contribution in [0.4, 0.5) is 0 Å². The minimum Gasteiger partial charge on any atom is -0.307 e. The first-order chi connectivity index (χ1) is 9.25. The molecule has 0 saturated heterocycles. The molecule has 0 bridgehead atoms. The van der Waals surface area contributed by atoms with E-state index in [9.17, 15) is 0 Å². The molecule has 2 aliphatic rings. The van der Waals surface area contributed by atoms with E-state index in [-0.39, 0.29) is 0 Å². The summed E-state index contributed by atoms with van der Waals surface area (Å²) in [5, 5.41) is 8.35. The molecular formula is C16H27N3. The standard InChI is InChI=1S/C16H27N3/c1-12(13-7-4-3-5-8-13)18-15-9-6-10-16-14(15)11-17-19(16)2/h11-13,15,18H,3-10H2,1-2H3. The molecule has 1 heterocycles. The van der Waals surface area contributed by atoms with Crippen LogP contribution in [0.15, 0.2) is 6.20 Å². The van der Waals surface area contributed by atoms with Gasteiger partial charge in [-0.25, -0.2) is 0 Å². The van der Waals surface area contributed by atoms with Gasteiger partial charge in [0.1, 0.15) is 0 Å². The molecule has 1 saturated carbocycles. The van der Waals surface area contributed by atoms with E-state index in [2.05, 4.69) is 35.3 Å². The Morgan fingerprint density at radius 2 is 2.00 bits per heavy atom. The van der Waals surface area contributed by atoms with E-state index >= 15 is 0 Å². The third-order valence-electron chi connectivity index (χ3n) is 5.20. The fourth-order valence-corrected chi connectivity index (χ4v) is 3.97. The van der Waals surface area contributed by atoms with Crippen LogP contribution in [0.2, 0.25) is 0 Å². The average molecular weight is 261 g/mol. The third-order valence-corrected chi connectivity index (χ3v) is 5.20. The Morgan fingerprint density at radius 1 is 1.21 bits per heavy atom. The van der Waals surface area contributed by atoms with Crippen molar-refractivity contribution in [3.8, 4) is 0 Å². The molecule has 1 N–H and O–H groups in total. The fraction of sp³-hybridized carbons (Fsp3) is 0.812. The van der Waals surface area contributed by atoms with Crippen LogP contribution in [-0.2, 0) is 13.5 Å². The number of nitrogens with one attached hydrogen (secondary N) is 1. The second kappa shape index (κ2) is 5.66. The van der Waals surface area contributed by atoms with Crippen LogP contribution in [0.5, 0.6) is 0 Å². The first kappa shape index (κ1) is 13.2. The van der Waals surface area contributed by atoms with Crippen LogP contribution in [-0.4, -0.2) is 15.8 Å². The molecule has 3 rings (SSSR count). The van der Waals surface area contributed by atoms with Crippen LogP contribution in [0, 0.1) is 5.92 Å². The lowest BCUT2D eigenvalue weighted by molar-refractivity contribution is 0.256. The van der Waals surface area contributed by atoms with E-state index in [4.69, 9.17) is 0 Å². The van der Waals surface area contributed by atoms with Crippen molar-refractivity contribution < 1.29 is 0 Å². The molecule has 19 heavy (non-hydrogen) atoms. The van der Waals surface area contributed by atoms with E-state index in [1.54, 1.807) is 0 Å². The first-order valence-corrected chi connectivity index (χ1v) is 8.02. The molecule has 1 aromatic heterocycles. The zero-order valence-electron chi connectivity index (χ0n) is 12.4. The van der Waals surface area contributed by atoms with Gasteiger partial charge in [-0.1, -0.05) is 19.3 Å². The molecule has 0 radical (unpaired) electrons. The summed E-state index contributed by atoms with van der Waals surface area (Å²) in [6.07, 6.45) is 13.0. The quantitative estimate of drug-likeness (QED) is 0.904. The summed E-state index contributed by atoms with van der Waals surface area (Å²) < 4.78 is 2.06. The Kier molecular flexibility index (Phi) is 3.92. The topological polar surface area (TPSA) is 29.9 Å². The highest BCUT2D eigenvalue weighted by Gasteiger charge is 2.27. The van der Waals surface area contributed by atoms with E-state index in [1.165, 1.54) is 62.6 Å². The lowest BCUT2D eigenvalue weighted by Gasteiger charge is -2.33. The van der Waals surface area contributed by atoms with Crippen LogP contribution >= 0.6 is 0 Å². The van der Waals surface area contributed by atoms with Crippen molar-refractivity contribution in [3.63, 3.8) is 0 Å². The van der Waals surface area contributed by atoms with Gasteiger partial charge < -0.3 is 5.32 Å². The van der Waals surface area contributed by atoms with Gasteiger partial charge in [-0.3, -0.25) is 4.68 Å². The minimum absolute atomic E-state index is 0.536. The van der Waals surface area contributed by atoms with Gasteiger partial charge in [0.05, 0.1) is 6.20 Å². The second-order valence-corrected chi connectivity index (χ2v) is 6.47. The van der Waals surface area contributed by atoms with Crippen LogP contribution in [0.3, 0.4) is 0 Å². The van der Waals surface area contributed by atoms with Gasteiger partial charge in [0, 0.05) is 30.4 Å². The van der Waals surface area contributed by atoms with Crippen molar-refractivity contribution in [2.75, 3.05) is 0 Å². The van der Waals surface area contributed by atoms with Gasteiger partial charge in [-0.05, 0) is 44.9 Å². The Hall–Kier alpha value is -0.830. The number of aromatic nitrogens is 2. The van der Waals surface area contributed by atoms with Gasteiger partial charge in [0.15, 0.2) is 0 Å². The molecule has 106 valence electrons. The predicted molar refractivity (Wildman–Crippen MR) is 78.1 cm³/mol. The maximum Gasteiger partial charge on any atom is 0.0540 e.